The zero-order valence-electron chi connectivity index (χ0n) is 9.95. The van der Waals surface area contributed by atoms with Crippen molar-refractivity contribution < 1.29 is 0 Å². The number of nitrogens with zero attached hydrogens (tertiary/aromatic N) is 3. The normalized spacial score (nSPS) is 26.8. The first kappa shape index (κ1) is 11.1. The lowest BCUT2D eigenvalue weighted by atomic mass is 9.85. The molecule has 0 radical (unpaired) electrons. The van der Waals surface area contributed by atoms with Crippen LogP contribution in [-0.4, -0.2) is 21.6 Å². The van der Waals surface area contributed by atoms with Gasteiger partial charge in [0.25, 0.3) is 0 Å². The van der Waals surface area contributed by atoms with Crippen LogP contribution in [0.1, 0.15) is 32.6 Å². The van der Waals surface area contributed by atoms with E-state index in [0.29, 0.717) is 5.15 Å². The third-order valence-corrected chi connectivity index (χ3v) is 4.39. The summed E-state index contributed by atoms with van der Waals surface area (Å²) in [4.78, 5) is 18.1. The second-order valence-electron chi connectivity index (χ2n) is 4.99. The van der Waals surface area contributed by atoms with Gasteiger partial charge in [0, 0.05) is 12.6 Å². The van der Waals surface area contributed by atoms with Crippen molar-refractivity contribution in [2.45, 2.75) is 44.7 Å². The van der Waals surface area contributed by atoms with Crippen molar-refractivity contribution in [3.63, 3.8) is 0 Å². The molecular formula is C12H16ClN3O. The zero-order chi connectivity index (χ0) is 12.0. The molecule has 1 saturated heterocycles. The molecule has 4 nitrogen and oxygen atoms in total. The fourth-order valence-corrected chi connectivity index (χ4v) is 3.40. The number of hydrogen-bond donors (Lipinski definition) is 0. The minimum absolute atomic E-state index is 0.122. The first-order chi connectivity index (χ1) is 8.16. The van der Waals surface area contributed by atoms with Crippen molar-refractivity contribution in [2.75, 3.05) is 11.4 Å². The summed E-state index contributed by atoms with van der Waals surface area (Å²) in [6.45, 7) is 3.99. The number of hydrogen-bond acceptors (Lipinski definition) is 3. The second-order valence-corrected chi connectivity index (χ2v) is 5.38. The van der Waals surface area contributed by atoms with Gasteiger partial charge in [-0.2, -0.15) is 4.98 Å². The molecule has 17 heavy (non-hydrogen) atoms. The maximum Gasteiger partial charge on any atom is 0.350 e. The van der Waals surface area contributed by atoms with E-state index in [1.807, 2.05) is 6.07 Å². The fourth-order valence-electron chi connectivity index (χ4n) is 3.23. The van der Waals surface area contributed by atoms with E-state index in [-0.39, 0.29) is 11.2 Å². The van der Waals surface area contributed by atoms with Gasteiger partial charge in [-0.3, -0.25) is 4.57 Å². The smallest absolute Gasteiger partial charge is 0.350 e. The van der Waals surface area contributed by atoms with Crippen LogP contribution in [0.2, 0.25) is 5.15 Å². The molecule has 1 aromatic rings. The Morgan fingerprint density at radius 3 is 3.12 bits per heavy atom. The Morgan fingerprint density at radius 1 is 1.53 bits per heavy atom. The van der Waals surface area contributed by atoms with Crippen molar-refractivity contribution in [1.29, 1.82) is 0 Å². The molecule has 0 N–H and O–H groups in total. The predicted octanol–water partition coefficient (Wildman–Crippen LogP) is 2.05. The van der Waals surface area contributed by atoms with Crippen LogP contribution in [0.3, 0.4) is 0 Å². The van der Waals surface area contributed by atoms with Crippen LogP contribution >= 0.6 is 11.6 Å². The summed E-state index contributed by atoms with van der Waals surface area (Å²) in [6, 6.07) is 1.83. The Kier molecular flexibility index (Phi) is 2.43. The Labute approximate surface area is 105 Å². The van der Waals surface area contributed by atoms with E-state index >= 15 is 0 Å². The maximum absolute atomic E-state index is 11.9. The van der Waals surface area contributed by atoms with E-state index < -0.39 is 0 Å². The quantitative estimate of drug-likeness (QED) is 0.719. The summed E-state index contributed by atoms with van der Waals surface area (Å²) in [5.74, 6) is 0.955. The molecule has 3 heterocycles. The summed E-state index contributed by atoms with van der Waals surface area (Å²) in [5, 5.41) is 0.304. The molecule has 1 unspecified atom stereocenters. The van der Waals surface area contributed by atoms with Gasteiger partial charge in [0.2, 0.25) is 0 Å². The number of piperidine rings is 1. The van der Waals surface area contributed by atoms with E-state index in [0.717, 1.165) is 31.7 Å². The summed E-state index contributed by atoms with van der Waals surface area (Å²) in [6.07, 6.45) is 4.65. The van der Waals surface area contributed by atoms with Crippen molar-refractivity contribution in [3.8, 4) is 0 Å². The first-order valence-electron chi connectivity index (χ1n) is 6.21. The van der Waals surface area contributed by atoms with Gasteiger partial charge in [0.05, 0.1) is 12.1 Å². The molecule has 1 atom stereocenters. The van der Waals surface area contributed by atoms with E-state index in [1.165, 1.54) is 12.8 Å². The molecule has 3 rings (SSSR count). The van der Waals surface area contributed by atoms with Crippen LogP contribution < -0.4 is 10.6 Å². The number of fused-ring (bicyclic) bond motifs is 3. The van der Waals surface area contributed by atoms with Gasteiger partial charge in [-0.05, 0) is 25.7 Å². The standard InChI is InChI=1S/C12H16ClN3O/c1-2-12-5-3-4-6-16(12)10-7-9(13)14-11(17)15(10)8-12/h7H,2-6,8H2,1H3. The van der Waals surface area contributed by atoms with Crippen LogP contribution in [0, 0.1) is 0 Å². The molecule has 0 spiro atoms. The van der Waals surface area contributed by atoms with E-state index in [9.17, 15) is 4.79 Å². The number of rotatable bonds is 1. The Morgan fingerprint density at radius 2 is 2.35 bits per heavy atom. The average Bonchev–Trinajstić information content (AvgIpc) is 2.65. The van der Waals surface area contributed by atoms with Gasteiger partial charge in [0.15, 0.2) is 0 Å². The third kappa shape index (κ3) is 1.50. The predicted molar refractivity (Wildman–Crippen MR) is 67.7 cm³/mol. The van der Waals surface area contributed by atoms with Gasteiger partial charge in [-0.25, -0.2) is 4.79 Å². The molecule has 1 aromatic heterocycles. The van der Waals surface area contributed by atoms with Crippen molar-refractivity contribution in [2.24, 2.45) is 0 Å². The number of halogens is 1. The van der Waals surface area contributed by atoms with Crippen LogP contribution in [-0.2, 0) is 6.54 Å². The lowest BCUT2D eigenvalue weighted by Crippen LogP contribution is -2.49. The molecule has 5 heteroatoms. The SMILES string of the molecule is CCC12CCCCN1c1cc(Cl)nc(=O)n1C2. The van der Waals surface area contributed by atoms with Crippen molar-refractivity contribution >= 4 is 17.4 Å². The van der Waals surface area contributed by atoms with Crippen LogP contribution in [0.5, 0.6) is 0 Å². The van der Waals surface area contributed by atoms with E-state index in [2.05, 4.69) is 16.8 Å². The Balaban J connectivity index is 2.15. The van der Waals surface area contributed by atoms with Gasteiger partial charge in [0.1, 0.15) is 11.0 Å². The summed E-state index contributed by atoms with van der Waals surface area (Å²) in [7, 11) is 0. The molecule has 0 amide bonds. The van der Waals surface area contributed by atoms with Gasteiger partial charge in [-0.1, -0.05) is 18.5 Å². The molecule has 92 valence electrons. The third-order valence-electron chi connectivity index (χ3n) is 4.19. The molecule has 0 saturated carbocycles. The fraction of sp³-hybridized carbons (Fsp3) is 0.667. The molecular weight excluding hydrogens is 238 g/mol. The maximum atomic E-state index is 11.9. The second kappa shape index (κ2) is 3.73. The van der Waals surface area contributed by atoms with Gasteiger partial charge < -0.3 is 4.90 Å². The lowest BCUT2D eigenvalue weighted by Gasteiger charge is -2.42. The Hall–Kier alpha value is -1.03. The zero-order valence-corrected chi connectivity index (χ0v) is 10.7. The molecule has 0 aromatic carbocycles. The van der Waals surface area contributed by atoms with E-state index in [4.69, 9.17) is 11.6 Å². The van der Waals surface area contributed by atoms with Gasteiger partial charge in [-0.15, -0.1) is 0 Å². The van der Waals surface area contributed by atoms with Crippen LogP contribution in [0.4, 0.5) is 5.82 Å². The Bertz CT molecular complexity index is 513. The number of aromatic nitrogens is 2. The topological polar surface area (TPSA) is 38.1 Å². The highest BCUT2D eigenvalue weighted by Crippen LogP contribution is 2.41. The van der Waals surface area contributed by atoms with Crippen LogP contribution in [0.15, 0.2) is 10.9 Å². The largest absolute Gasteiger partial charge is 0.350 e. The molecule has 2 aliphatic heterocycles. The monoisotopic (exact) mass is 253 g/mol. The van der Waals surface area contributed by atoms with Crippen LogP contribution in [0.25, 0.3) is 0 Å². The molecule has 2 aliphatic rings. The number of anilines is 1. The highest BCUT2D eigenvalue weighted by atomic mass is 35.5. The highest BCUT2D eigenvalue weighted by molar-refractivity contribution is 6.29. The first-order valence-corrected chi connectivity index (χ1v) is 6.59. The molecule has 0 bridgehead atoms. The lowest BCUT2D eigenvalue weighted by molar-refractivity contribution is 0.294. The summed E-state index contributed by atoms with van der Waals surface area (Å²) in [5.41, 5.74) is -0.0914. The van der Waals surface area contributed by atoms with Crippen molar-refractivity contribution in [3.05, 3.63) is 21.7 Å². The average molecular weight is 254 g/mol. The molecule has 0 aliphatic carbocycles. The molecule has 1 fully saturated rings. The van der Waals surface area contributed by atoms with E-state index in [1.54, 1.807) is 4.57 Å². The van der Waals surface area contributed by atoms with Crippen molar-refractivity contribution in [1.82, 2.24) is 9.55 Å². The minimum Gasteiger partial charge on any atom is -0.350 e. The summed E-state index contributed by atoms with van der Waals surface area (Å²) < 4.78 is 1.78. The minimum atomic E-state index is -0.213. The highest BCUT2D eigenvalue weighted by Gasteiger charge is 2.44. The van der Waals surface area contributed by atoms with Gasteiger partial charge >= 0.3 is 5.69 Å². The summed E-state index contributed by atoms with van der Waals surface area (Å²) >= 11 is 5.90.